The summed E-state index contributed by atoms with van der Waals surface area (Å²) in [5, 5.41) is 13.3. The first kappa shape index (κ1) is 24.5. The standard InChI is InChI=1S/C25H32ClN4O4/c1-16(17-6-11-22(33-2)21(26)14-17)34-24-20(23(32)28-18-7-9-19(31)10-8-18)15-27-25(29-24)30-12-4-3-5-13-30/h4,6,11,14-16,18-19,31H,3,5,7-10,12-13H2,1-2H3,(H,28,32). The van der Waals surface area contributed by atoms with Crippen molar-refractivity contribution in [2.75, 3.05) is 25.1 Å². The monoisotopic (exact) mass is 487 g/mol. The molecule has 2 aliphatic rings. The second-order valence-corrected chi connectivity index (χ2v) is 9.31. The molecule has 2 fully saturated rings. The number of carbonyl (C=O) groups excluding carboxylic acids is 1. The Morgan fingerprint density at radius 3 is 2.76 bits per heavy atom. The molecule has 1 aromatic carbocycles. The number of amides is 1. The molecule has 1 unspecified atom stereocenters. The molecule has 2 aromatic rings. The molecule has 4 rings (SSSR count). The zero-order valence-electron chi connectivity index (χ0n) is 19.7. The maximum Gasteiger partial charge on any atom is 0.258 e. The number of nitrogens with zero attached hydrogens (tertiary/aromatic N) is 3. The molecule has 1 atom stereocenters. The first-order chi connectivity index (χ1) is 16.4. The first-order valence-electron chi connectivity index (χ1n) is 11.9. The minimum absolute atomic E-state index is 0.0120. The maximum atomic E-state index is 13.2. The maximum absolute atomic E-state index is 13.2. The summed E-state index contributed by atoms with van der Waals surface area (Å²) in [6.07, 6.45) is 8.03. The third kappa shape index (κ3) is 5.91. The highest BCUT2D eigenvalue weighted by Crippen LogP contribution is 2.31. The SMILES string of the molecule is COc1ccc(C(C)Oc2nc(N3C[CH]CCC3)ncc2C(=O)NC2CCC(O)CC2)cc1Cl. The van der Waals surface area contributed by atoms with Crippen molar-refractivity contribution in [3.63, 3.8) is 0 Å². The third-order valence-electron chi connectivity index (χ3n) is 6.42. The molecule has 2 heterocycles. The summed E-state index contributed by atoms with van der Waals surface area (Å²) in [5.74, 6) is 1.10. The molecule has 34 heavy (non-hydrogen) atoms. The molecular weight excluding hydrogens is 456 g/mol. The van der Waals surface area contributed by atoms with Crippen molar-refractivity contribution in [1.82, 2.24) is 15.3 Å². The number of hydrogen-bond donors (Lipinski definition) is 2. The summed E-state index contributed by atoms with van der Waals surface area (Å²) in [7, 11) is 1.57. The molecule has 1 aliphatic carbocycles. The molecule has 0 spiro atoms. The molecule has 9 heteroatoms. The van der Waals surface area contributed by atoms with Gasteiger partial charge in [-0.2, -0.15) is 4.98 Å². The molecular formula is C25H32ClN4O4. The number of piperidine rings is 1. The van der Waals surface area contributed by atoms with Crippen molar-refractivity contribution in [1.29, 1.82) is 0 Å². The molecule has 1 aromatic heterocycles. The van der Waals surface area contributed by atoms with E-state index in [1.165, 1.54) is 0 Å². The minimum Gasteiger partial charge on any atom is -0.495 e. The number of benzene rings is 1. The van der Waals surface area contributed by atoms with Crippen LogP contribution < -0.4 is 19.7 Å². The fourth-order valence-electron chi connectivity index (χ4n) is 4.36. The van der Waals surface area contributed by atoms with Gasteiger partial charge in [0.25, 0.3) is 5.91 Å². The number of aliphatic hydroxyl groups excluding tert-OH is 1. The summed E-state index contributed by atoms with van der Waals surface area (Å²) >= 11 is 6.31. The molecule has 2 N–H and O–H groups in total. The van der Waals surface area contributed by atoms with Gasteiger partial charge in [0.1, 0.15) is 17.4 Å². The normalized spacial score (nSPS) is 21.6. The lowest BCUT2D eigenvalue weighted by molar-refractivity contribution is 0.0860. The molecule has 1 radical (unpaired) electrons. The number of hydrogen-bond acceptors (Lipinski definition) is 7. The van der Waals surface area contributed by atoms with E-state index in [1.54, 1.807) is 25.4 Å². The van der Waals surface area contributed by atoms with Crippen LogP contribution in [0.3, 0.4) is 0 Å². The van der Waals surface area contributed by atoms with Crippen molar-refractivity contribution in [2.45, 2.75) is 63.7 Å². The van der Waals surface area contributed by atoms with E-state index in [0.29, 0.717) is 35.1 Å². The van der Waals surface area contributed by atoms with Gasteiger partial charge < -0.3 is 24.8 Å². The van der Waals surface area contributed by atoms with E-state index in [-0.39, 0.29) is 23.9 Å². The molecule has 183 valence electrons. The number of anilines is 1. The Bertz CT molecular complexity index is 991. The smallest absolute Gasteiger partial charge is 0.258 e. The van der Waals surface area contributed by atoms with Crippen LogP contribution in [0.15, 0.2) is 24.4 Å². The van der Waals surface area contributed by atoms with E-state index in [9.17, 15) is 9.90 Å². The van der Waals surface area contributed by atoms with E-state index in [4.69, 9.17) is 21.1 Å². The Morgan fingerprint density at radius 2 is 2.09 bits per heavy atom. The molecule has 1 amide bonds. The van der Waals surface area contributed by atoms with E-state index in [1.807, 2.05) is 13.0 Å². The Kier molecular flexibility index (Phi) is 8.11. The highest BCUT2D eigenvalue weighted by atomic mass is 35.5. The lowest BCUT2D eigenvalue weighted by atomic mass is 9.93. The second kappa shape index (κ2) is 11.2. The lowest BCUT2D eigenvalue weighted by Gasteiger charge is -2.28. The summed E-state index contributed by atoms with van der Waals surface area (Å²) in [5.41, 5.74) is 1.13. The summed E-state index contributed by atoms with van der Waals surface area (Å²) < 4.78 is 11.5. The molecule has 8 nitrogen and oxygen atoms in total. The van der Waals surface area contributed by atoms with Gasteiger partial charge in [-0.3, -0.25) is 4.79 Å². The molecule has 0 bridgehead atoms. The highest BCUT2D eigenvalue weighted by Gasteiger charge is 2.26. The van der Waals surface area contributed by atoms with Crippen LogP contribution in [0.25, 0.3) is 0 Å². The zero-order valence-corrected chi connectivity index (χ0v) is 20.4. The van der Waals surface area contributed by atoms with Crippen molar-refractivity contribution >= 4 is 23.5 Å². The van der Waals surface area contributed by atoms with Crippen LogP contribution in [0.4, 0.5) is 5.95 Å². The van der Waals surface area contributed by atoms with Gasteiger partial charge in [0.2, 0.25) is 11.8 Å². The van der Waals surface area contributed by atoms with Gasteiger partial charge in [-0.1, -0.05) is 17.7 Å². The van der Waals surface area contributed by atoms with Crippen LogP contribution in [0.5, 0.6) is 11.6 Å². The van der Waals surface area contributed by atoms with Gasteiger partial charge in [-0.25, -0.2) is 4.98 Å². The van der Waals surface area contributed by atoms with Crippen LogP contribution in [0.1, 0.15) is 67.5 Å². The van der Waals surface area contributed by atoms with Crippen LogP contribution in [0, 0.1) is 6.42 Å². The Morgan fingerprint density at radius 1 is 1.29 bits per heavy atom. The predicted molar refractivity (Wildman–Crippen MR) is 131 cm³/mol. The zero-order chi connectivity index (χ0) is 24.1. The Labute approximate surface area is 205 Å². The number of ether oxygens (including phenoxy) is 2. The van der Waals surface area contributed by atoms with Crippen LogP contribution >= 0.6 is 11.6 Å². The predicted octanol–water partition coefficient (Wildman–Crippen LogP) is 4.12. The van der Waals surface area contributed by atoms with Crippen LogP contribution in [-0.4, -0.2) is 53.3 Å². The van der Waals surface area contributed by atoms with Gasteiger partial charge in [-0.05, 0) is 69.6 Å². The van der Waals surface area contributed by atoms with E-state index in [0.717, 1.165) is 44.3 Å². The minimum atomic E-state index is -0.407. The molecule has 1 saturated heterocycles. The average molecular weight is 488 g/mol. The largest absolute Gasteiger partial charge is 0.495 e. The Balaban J connectivity index is 1.57. The lowest BCUT2D eigenvalue weighted by Crippen LogP contribution is -2.39. The topological polar surface area (TPSA) is 96.8 Å². The first-order valence-corrected chi connectivity index (χ1v) is 12.2. The summed E-state index contributed by atoms with van der Waals surface area (Å²) in [6.45, 7) is 3.51. The third-order valence-corrected chi connectivity index (χ3v) is 6.72. The van der Waals surface area contributed by atoms with Gasteiger partial charge in [0.05, 0.1) is 18.2 Å². The van der Waals surface area contributed by atoms with E-state index < -0.39 is 6.10 Å². The fourth-order valence-corrected chi connectivity index (χ4v) is 4.62. The van der Waals surface area contributed by atoms with E-state index in [2.05, 4.69) is 26.6 Å². The molecule has 1 aliphatic heterocycles. The summed E-state index contributed by atoms with van der Waals surface area (Å²) in [6, 6.07) is 5.47. The fraction of sp³-hybridized carbons (Fsp3) is 0.520. The van der Waals surface area contributed by atoms with Crippen molar-refractivity contribution in [2.24, 2.45) is 0 Å². The number of halogens is 1. The van der Waals surface area contributed by atoms with Gasteiger partial charge in [0, 0.05) is 25.3 Å². The van der Waals surface area contributed by atoms with Crippen molar-refractivity contribution in [3.8, 4) is 11.6 Å². The van der Waals surface area contributed by atoms with Crippen molar-refractivity contribution < 1.29 is 19.4 Å². The number of nitrogens with one attached hydrogen (secondary N) is 1. The van der Waals surface area contributed by atoms with Crippen molar-refractivity contribution in [3.05, 3.63) is 47.0 Å². The van der Waals surface area contributed by atoms with E-state index >= 15 is 0 Å². The van der Waals surface area contributed by atoms with Gasteiger partial charge in [0.15, 0.2) is 0 Å². The average Bonchev–Trinajstić information content (AvgIpc) is 2.85. The Hall–Kier alpha value is -2.58. The number of aliphatic hydroxyl groups is 1. The van der Waals surface area contributed by atoms with Gasteiger partial charge in [-0.15, -0.1) is 0 Å². The number of carbonyl (C=O) groups is 1. The quantitative estimate of drug-likeness (QED) is 0.606. The number of rotatable bonds is 7. The highest BCUT2D eigenvalue weighted by molar-refractivity contribution is 6.32. The number of methoxy groups -OCH3 is 1. The molecule has 1 saturated carbocycles. The number of aromatic nitrogens is 2. The summed E-state index contributed by atoms with van der Waals surface area (Å²) in [4.78, 5) is 24.4. The van der Waals surface area contributed by atoms with Gasteiger partial charge >= 0.3 is 0 Å². The van der Waals surface area contributed by atoms with Crippen LogP contribution in [0.2, 0.25) is 5.02 Å². The van der Waals surface area contributed by atoms with Crippen LogP contribution in [-0.2, 0) is 0 Å². The second-order valence-electron chi connectivity index (χ2n) is 8.90.